The topological polar surface area (TPSA) is 57.5 Å². The van der Waals surface area contributed by atoms with Gasteiger partial charge in [-0.3, -0.25) is 0 Å². The van der Waals surface area contributed by atoms with Crippen molar-refractivity contribution in [3.63, 3.8) is 0 Å². The van der Waals surface area contributed by atoms with Crippen molar-refractivity contribution in [2.75, 3.05) is 6.61 Å². The second-order valence-corrected chi connectivity index (χ2v) is 3.69. The third kappa shape index (κ3) is 81.3. The Hall–Kier alpha value is -2.26. The maximum atomic E-state index is 10.6. The molecule has 0 aliphatic heterocycles. The van der Waals surface area contributed by atoms with Gasteiger partial charge < -0.3 is 10.2 Å². The summed E-state index contributed by atoms with van der Waals surface area (Å²) >= 11 is 0. The molecule has 2 N–H and O–H groups in total. The van der Waals surface area contributed by atoms with E-state index >= 15 is 0 Å². The van der Waals surface area contributed by atoms with E-state index in [9.17, 15) is 13.2 Å². The average molecular weight is 336 g/mol. The molecule has 0 atom stereocenters. The first-order valence-electron chi connectivity index (χ1n) is 6.07. The van der Waals surface area contributed by atoms with E-state index in [4.69, 9.17) is 15.0 Å². The fourth-order valence-corrected chi connectivity index (χ4v) is 0.183. The van der Waals surface area contributed by atoms with Gasteiger partial charge in [0.2, 0.25) is 0 Å². The molecule has 0 aromatic carbocycles. The van der Waals surface area contributed by atoms with E-state index in [1.54, 1.807) is 6.08 Å². The summed E-state index contributed by atoms with van der Waals surface area (Å²) in [5.74, 6) is -2.76. The molecule has 6 heteroatoms. The lowest BCUT2D eigenvalue weighted by molar-refractivity contribution is -0.192. The summed E-state index contributed by atoms with van der Waals surface area (Å²) < 4.78 is 31.7. The molecule has 0 rings (SSSR count). The molecular formula is C17H27F3O3. The molecule has 0 radical (unpaired) electrons. The molecule has 0 fully saturated rings. The van der Waals surface area contributed by atoms with E-state index in [1.807, 2.05) is 27.7 Å². The minimum atomic E-state index is -5.08. The maximum absolute atomic E-state index is 10.6. The zero-order chi connectivity index (χ0) is 20.1. The first-order valence-corrected chi connectivity index (χ1v) is 6.07. The van der Waals surface area contributed by atoms with Crippen molar-refractivity contribution in [2.24, 2.45) is 0 Å². The first-order chi connectivity index (χ1) is 10.4. The highest BCUT2D eigenvalue weighted by atomic mass is 19.4. The van der Waals surface area contributed by atoms with Crippen LogP contribution in [-0.2, 0) is 4.79 Å². The van der Waals surface area contributed by atoms with Crippen molar-refractivity contribution in [3.8, 4) is 0 Å². The molecular weight excluding hydrogens is 309 g/mol. The second kappa shape index (κ2) is 24.7. The Morgan fingerprint density at radius 1 is 1.09 bits per heavy atom. The first kappa shape index (κ1) is 32.6. The van der Waals surface area contributed by atoms with Crippen LogP contribution in [0.3, 0.4) is 0 Å². The van der Waals surface area contributed by atoms with Crippen LogP contribution in [0.1, 0.15) is 27.7 Å². The van der Waals surface area contributed by atoms with Crippen molar-refractivity contribution in [1.82, 2.24) is 0 Å². The molecule has 0 aromatic rings. The van der Waals surface area contributed by atoms with Gasteiger partial charge in [0.05, 0.1) is 6.61 Å². The fourth-order valence-electron chi connectivity index (χ4n) is 0.183. The normalized spacial score (nSPS) is 7.30. The van der Waals surface area contributed by atoms with Crippen molar-refractivity contribution in [3.05, 3.63) is 61.6 Å². The zero-order valence-corrected chi connectivity index (χ0v) is 14.3. The summed E-state index contributed by atoms with van der Waals surface area (Å²) in [5, 5.41) is 15.3. The molecule has 0 saturated carbocycles. The summed E-state index contributed by atoms with van der Waals surface area (Å²) in [6.45, 7) is 23.7. The highest BCUT2D eigenvalue weighted by Gasteiger charge is 2.38. The number of rotatable bonds is 1. The van der Waals surface area contributed by atoms with Gasteiger partial charge in [-0.1, -0.05) is 31.4 Å². The van der Waals surface area contributed by atoms with E-state index in [0.717, 1.165) is 11.1 Å². The monoisotopic (exact) mass is 336 g/mol. The summed E-state index contributed by atoms with van der Waals surface area (Å²) in [7, 11) is 0. The lowest BCUT2D eigenvalue weighted by atomic mass is 10.3. The number of hydrogen-bond acceptors (Lipinski definition) is 2. The van der Waals surface area contributed by atoms with Crippen LogP contribution in [-0.4, -0.2) is 29.0 Å². The van der Waals surface area contributed by atoms with Crippen LogP contribution < -0.4 is 0 Å². The average Bonchev–Trinajstić information content (AvgIpc) is 2.42. The van der Waals surface area contributed by atoms with Gasteiger partial charge in [0.15, 0.2) is 0 Å². The summed E-state index contributed by atoms with van der Waals surface area (Å²) in [6, 6.07) is 0. The number of aliphatic hydroxyl groups is 1. The molecule has 3 nitrogen and oxygen atoms in total. The van der Waals surface area contributed by atoms with Gasteiger partial charge in [0, 0.05) is 0 Å². The van der Waals surface area contributed by atoms with Crippen LogP contribution >= 0.6 is 0 Å². The van der Waals surface area contributed by atoms with Crippen LogP contribution in [0.5, 0.6) is 0 Å². The molecule has 0 aliphatic carbocycles. The van der Waals surface area contributed by atoms with E-state index in [2.05, 4.69) is 44.4 Å². The number of aliphatic hydroxyl groups excluding tert-OH is 1. The minimum Gasteiger partial charge on any atom is -0.475 e. The van der Waals surface area contributed by atoms with Crippen LogP contribution in [0.2, 0.25) is 0 Å². The van der Waals surface area contributed by atoms with Gasteiger partial charge in [-0.05, 0) is 33.3 Å². The van der Waals surface area contributed by atoms with E-state index in [0.29, 0.717) is 0 Å². The van der Waals surface area contributed by atoms with Crippen molar-refractivity contribution in [2.45, 2.75) is 33.9 Å². The Morgan fingerprint density at radius 2 is 1.30 bits per heavy atom. The predicted molar refractivity (Wildman–Crippen MR) is 90.2 cm³/mol. The van der Waals surface area contributed by atoms with Crippen molar-refractivity contribution >= 4 is 5.97 Å². The largest absolute Gasteiger partial charge is 0.490 e. The Kier molecular flexibility index (Phi) is 35.1. The molecule has 0 unspecified atom stereocenters. The number of allylic oxidation sites excluding steroid dienone is 2. The number of carboxylic acids is 1. The summed E-state index contributed by atoms with van der Waals surface area (Å²) in [5.41, 5.74) is 7.25. The van der Waals surface area contributed by atoms with E-state index in [-0.39, 0.29) is 6.61 Å². The predicted octanol–water partition coefficient (Wildman–Crippen LogP) is 5.08. The SMILES string of the molecule is C=C.C=C=C.C=C=C(C)C.CC(C)=CCO.O=C(O)C(F)(F)F. The highest BCUT2D eigenvalue weighted by Crippen LogP contribution is 2.13. The van der Waals surface area contributed by atoms with E-state index < -0.39 is 12.1 Å². The Balaban J connectivity index is -0.0000000623. The van der Waals surface area contributed by atoms with Crippen molar-refractivity contribution < 1.29 is 28.2 Å². The molecule has 0 aromatic heterocycles. The minimum absolute atomic E-state index is 0.169. The van der Waals surface area contributed by atoms with Gasteiger partial charge in [-0.15, -0.1) is 24.6 Å². The van der Waals surface area contributed by atoms with Crippen LogP contribution in [0, 0.1) is 0 Å². The molecule has 0 saturated heterocycles. The molecule has 0 heterocycles. The highest BCUT2D eigenvalue weighted by molar-refractivity contribution is 5.73. The summed E-state index contributed by atoms with van der Waals surface area (Å²) in [4.78, 5) is 8.90. The smallest absolute Gasteiger partial charge is 0.475 e. The van der Waals surface area contributed by atoms with Gasteiger partial charge in [0.1, 0.15) is 0 Å². The van der Waals surface area contributed by atoms with Gasteiger partial charge >= 0.3 is 12.1 Å². The number of alkyl halides is 3. The third-order valence-corrected chi connectivity index (χ3v) is 1.10. The van der Waals surface area contributed by atoms with Crippen molar-refractivity contribution in [1.29, 1.82) is 0 Å². The molecule has 0 bridgehead atoms. The standard InChI is InChI=1S/C5H10O.C5H8.C3H4.C2HF3O2.C2H4/c1-5(2)3-4-6;1-4-5(2)3;1-3-2;3-2(4,5)1(6)7;1-2/h3,6H,4H2,1-2H3;1H2,2-3H3;1-2H2;(H,6,7);1-2H2. The Labute approximate surface area is 137 Å². The quantitative estimate of drug-likeness (QED) is 0.519. The van der Waals surface area contributed by atoms with Crippen LogP contribution in [0.4, 0.5) is 13.2 Å². The maximum Gasteiger partial charge on any atom is 0.490 e. The molecule has 134 valence electrons. The number of carboxylic acid groups (broad SMARTS) is 1. The lowest BCUT2D eigenvalue weighted by Gasteiger charge is -1.93. The van der Waals surface area contributed by atoms with Gasteiger partial charge in [-0.2, -0.15) is 13.2 Å². The third-order valence-electron chi connectivity index (χ3n) is 1.10. The fraction of sp³-hybridized carbons (Fsp3) is 0.353. The second-order valence-electron chi connectivity index (χ2n) is 3.69. The van der Waals surface area contributed by atoms with E-state index in [1.165, 1.54) is 0 Å². The Morgan fingerprint density at radius 3 is 1.30 bits per heavy atom. The zero-order valence-electron chi connectivity index (χ0n) is 14.3. The molecule has 0 amide bonds. The Bertz CT molecular complexity index is 388. The lowest BCUT2D eigenvalue weighted by Crippen LogP contribution is -2.21. The summed E-state index contributed by atoms with van der Waals surface area (Å²) in [6.07, 6.45) is -3.32. The number of carbonyl (C=O) groups is 1. The van der Waals surface area contributed by atoms with Gasteiger partial charge in [-0.25, -0.2) is 4.79 Å². The molecule has 0 aliphatic rings. The number of hydrogen-bond donors (Lipinski definition) is 2. The van der Waals surface area contributed by atoms with Gasteiger partial charge in [0.25, 0.3) is 0 Å². The molecule has 0 spiro atoms. The number of halogens is 3. The van der Waals surface area contributed by atoms with Crippen LogP contribution in [0.15, 0.2) is 61.6 Å². The molecule has 23 heavy (non-hydrogen) atoms. The van der Waals surface area contributed by atoms with Crippen LogP contribution in [0.25, 0.3) is 0 Å². The number of aliphatic carboxylic acids is 1.